The van der Waals surface area contributed by atoms with Gasteiger partial charge in [0.2, 0.25) is 5.91 Å². The second kappa shape index (κ2) is 9.97. The van der Waals surface area contributed by atoms with Crippen LogP contribution >= 0.6 is 0 Å². The molecule has 1 amide bonds. The number of ether oxygens (including phenoxy) is 2. The van der Waals surface area contributed by atoms with Gasteiger partial charge in [-0.15, -0.1) is 0 Å². The SMILES string of the molecule is COc1ccccc1CNc1ccc(NC(=O)CCOc2ccccc2)nc1. The number of nitrogens with one attached hydrogen (secondary N) is 2. The lowest BCUT2D eigenvalue weighted by atomic mass is 10.2. The number of methoxy groups -OCH3 is 1. The zero-order chi connectivity index (χ0) is 19.6. The van der Waals surface area contributed by atoms with E-state index in [0.29, 0.717) is 19.0 Å². The fourth-order valence-electron chi connectivity index (χ4n) is 2.60. The van der Waals surface area contributed by atoms with Gasteiger partial charge >= 0.3 is 0 Å². The summed E-state index contributed by atoms with van der Waals surface area (Å²) < 4.78 is 10.9. The molecule has 2 aromatic carbocycles. The molecule has 0 fully saturated rings. The number of rotatable bonds is 9. The van der Waals surface area contributed by atoms with Crippen LogP contribution in [0.3, 0.4) is 0 Å². The minimum Gasteiger partial charge on any atom is -0.496 e. The summed E-state index contributed by atoms with van der Waals surface area (Å²) in [6.45, 7) is 0.933. The van der Waals surface area contributed by atoms with E-state index < -0.39 is 0 Å². The Morgan fingerprint density at radius 3 is 2.54 bits per heavy atom. The number of carbonyl (C=O) groups excluding carboxylic acids is 1. The van der Waals surface area contributed by atoms with Crippen LogP contribution in [0.25, 0.3) is 0 Å². The van der Waals surface area contributed by atoms with E-state index in [0.717, 1.165) is 22.7 Å². The number of carbonyl (C=O) groups is 1. The van der Waals surface area contributed by atoms with Crippen LogP contribution in [0.4, 0.5) is 11.5 Å². The standard InChI is InChI=1S/C22H23N3O3/c1-27-20-10-6-5-7-17(20)15-23-18-11-12-21(24-16-18)25-22(26)13-14-28-19-8-3-2-4-9-19/h2-12,16,23H,13-15H2,1H3,(H,24,25,26). The van der Waals surface area contributed by atoms with Gasteiger partial charge in [-0.3, -0.25) is 4.79 Å². The van der Waals surface area contributed by atoms with Gasteiger partial charge in [0, 0.05) is 12.1 Å². The fourth-order valence-corrected chi connectivity index (χ4v) is 2.60. The van der Waals surface area contributed by atoms with Crippen molar-refractivity contribution in [1.29, 1.82) is 0 Å². The molecule has 0 aliphatic heterocycles. The zero-order valence-electron chi connectivity index (χ0n) is 15.7. The fraction of sp³-hybridized carbons (Fsp3) is 0.182. The van der Waals surface area contributed by atoms with E-state index in [2.05, 4.69) is 15.6 Å². The van der Waals surface area contributed by atoms with Crippen LogP contribution in [0.1, 0.15) is 12.0 Å². The second-order valence-electron chi connectivity index (χ2n) is 6.06. The Balaban J connectivity index is 1.44. The molecular formula is C22H23N3O3. The topological polar surface area (TPSA) is 72.5 Å². The zero-order valence-corrected chi connectivity index (χ0v) is 15.7. The molecule has 6 nitrogen and oxygen atoms in total. The number of amides is 1. The predicted molar refractivity (Wildman–Crippen MR) is 110 cm³/mol. The molecule has 0 saturated heterocycles. The summed E-state index contributed by atoms with van der Waals surface area (Å²) in [6.07, 6.45) is 1.94. The Morgan fingerprint density at radius 2 is 1.79 bits per heavy atom. The van der Waals surface area contributed by atoms with Gasteiger partial charge in [-0.1, -0.05) is 36.4 Å². The summed E-state index contributed by atoms with van der Waals surface area (Å²) in [5.41, 5.74) is 1.91. The maximum atomic E-state index is 12.0. The predicted octanol–water partition coefficient (Wildman–Crippen LogP) is 4.11. The third kappa shape index (κ3) is 5.74. The van der Waals surface area contributed by atoms with E-state index in [4.69, 9.17) is 9.47 Å². The number of anilines is 2. The van der Waals surface area contributed by atoms with Gasteiger partial charge in [-0.2, -0.15) is 0 Å². The Hall–Kier alpha value is -3.54. The molecule has 0 atom stereocenters. The van der Waals surface area contributed by atoms with E-state index in [9.17, 15) is 4.79 Å². The average molecular weight is 377 g/mol. The molecule has 0 aliphatic carbocycles. The molecule has 0 bridgehead atoms. The largest absolute Gasteiger partial charge is 0.496 e. The van der Waals surface area contributed by atoms with Crippen molar-refractivity contribution in [2.75, 3.05) is 24.4 Å². The Kier molecular flexibility index (Phi) is 6.84. The van der Waals surface area contributed by atoms with E-state index >= 15 is 0 Å². The number of aromatic nitrogens is 1. The van der Waals surface area contributed by atoms with Crippen LogP contribution < -0.4 is 20.1 Å². The molecule has 6 heteroatoms. The van der Waals surface area contributed by atoms with E-state index in [1.807, 2.05) is 60.7 Å². The van der Waals surface area contributed by atoms with Crippen molar-refractivity contribution in [2.45, 2.75) is 13.0 Å². The van der Waals surface area contributed by atoms with Crippen molar-refractivity contribution in [3.8, 4) is 11.5 Å². The third-order valence-electron chi connectivity index (χ3n) is 4.05. The van der Waals surface area contributed by atoms with Crippen LogP contribution in [0.2, 0.25) is 0 Å². The lowest BCUT2D eigenvalue weighted by molar-refractivity contribution is -0.116. The van der Waals surface area contributed by atoms with E-state index in [1.165, 1.54) is 0 Å². The third-order valence-corrected chi connectivity index (χ3v) is 4.05. The Labute approximate surface area is 164 Å². The molecular weight excluding hydrogens is 354 g/mol. The molecule has 0 radical (unpaired) electrons. The van der Waals surface area contributed by atoms with Gasteiger partial charge in [0.25, 0.3) is 0 Å². The van der Waals surface area contributed by atoms with Gasteiger partial charge in [-0.25, -0.2) is 4.98 Å². The lowest BCUT2D eigenvalue weighted by Gasteiger charge is -2.11. The molecule has 144 valence electrons. The van der Waals surface area contributed by atoms with Gasteiger partial charge in [-0.05, 0) is 30.3 Å². The first-order valence-electron chi connectivity index (χ1n) is 9.04. The molecule has 0 saturated carbocycles. The first-order valence-corrected chi connectivity index (χ1v) is 9.04. The lowest BCUT2D eigenvalue weighted by Crippen LogP contribution is -2.16. The van der Waals surface area contributed by atoms with Crippen molar-refractivity contribution in [1.82, 2.24) is 4.98 Å². The van der Waals surface area contributed by atoms with Crippen molar-refractivity contribution >= 4 is 17.4 Å². The minimum absolute atomic E-state index is 0.141. The molecule has 0 spiro atoms. The number of para-hydroxylation sites is 2. The van der Waals surface area contributed by atoms with Gasteiger partial charge in [0.1, 0.15) is 17.3 Å². The number of nitrogens with zero attached hydrogens (tertiary/aromatic N) is 1. The van der Waals surface area contributed by atoms with Crippen molar-refractivity contribution in [3.05, 3.63) is 78.5 Å². The number of pyridine rings is 1. The van der Waals surface area contributed by atoms with Crippen molar-refractivity contribution in [3.63, 3.8) is 0 Å². The van der Waals surface area contributed by atoms with Crippen LogP contribution in [0.15, 0.2) is 72.9 Å². The first kappa shape index (κ1) is 19.2. The number of hydrogen-bond acceptors (Lipinski definition) is 5. The van der Waals surface area contributed by atoms with Crippen LogP contribution in [0.5, 0.6) is 11.5 Å². The molecule has 1 aromatic heterocycles. The smallest absolute Gasteiger partial charge is 0.228 e. The Bertz CT molecular complexity index is 883. The molecule has 3 aromatic rings. The summed E-state index contributed by atoms with van der Waals surface area (Å²) in [4.78, 5) is 16.3. The van der Waals surface area contributed by atoms with E-state index in [1.54, 1.807) is 19.4 Å². The van der Waals surface area contributed by atoms with Crippen molar-refractivity contribution in [2.24, 2.45) is 0 Å². The van der Waals surface area contributed by atoms with E-state index in [-0.39, 0.29) is 12.3 Å². The summed E-state index contributed by atoms with van der Waals surface area (Å²) >= 11 is 0. The van der Waals surface area contributed by atoms with Crippen molar-refractivity contribution < 1.29 is 14.3 Å². The molecule has 1 heterocycles. The van der Waals surface area contributed by atoms with Gasteiger partial charge < -0.3 is 20.1 Å². The summed E-state index contributed by atoms with van der Waals surface area (Å²) in [7, 11) is 1.66. The summed E-state index contributed by atoms with van der Waals surface area (Å²) in [5, 5.41) is 6.06. The summed E-state index contributed by atoms with van der Waals surface area (Å²) in [5.74, 6) is 1.95. The first-order chi connectivity index (χ1) is 13.7. The van der Waals surface area contributed by atoms with Gasteiger partial charge in [0.15, 0.2) is 0 Å². The summed E-state index contributed by atoms with van der Waals surface area (Å²) in [6, 6.07) is 20.9. The molecule has 0 aliphatic rings. The molecule has 0 unspecified atom stereocenters. The minimum atomic E-state index is -0.141. The quantitative estimate of drug-likeness (QED) is 0.587. The number of benzene rings is 2. The normalized spacial score (nSPS) is 10.2. The molecule has 2 N–H and O–H groups in total. The second-order valence-corrected chi connectivity index (χ2v) is 6.06. The van der Waals surface area contributed by atoms with Gasteiger partial charge in [0.05, 0.1) is 32.0 Å². The highest BCUT2D eigenvalue weighted by atomic mass is 16.5. The maximum absolute atomic E-state index is 12.0. The monoisotopic (exact) mass is 377 g/mol. The van der Waals surface area contributed by atoms with Crippen LogP contribution in [0, 0.1) is 0 Å². The highest BCUT2D eigenvalue weighted by molar-refractivity contribution is 5.89. The highest BCUT2D eigenvalue weighted by Crippen LogP contribution is 2.19. The highest BCUT2D eigenvalue weighted by Gasteiger charge is 2.05. The Morgan fingerprint density at radius 1 is 1.00 bits per heavy atom. The number of hydrogen-bond donors (Lipinski definition) is 2. The molecule has 3 rings (SSSR count). The van der Waals surface area contributed by atoms with Crippen LogP contribution in [-0.2, 0) is 11.3 Å². The maximum Gasteiger partial charge on any atom is 0.228 e. The van der Waals surface area contributed by atoms with Crippen LogP contribution in [-0.4, -0.2) is 24.6 Å². The average Bonchev–Trinajstić information content (AvgIpc) is 2.74. The molecule has 28 heavy (non-hydrogen) atoms.